The predicted octanol–water partition coefficient (Wildman–Crippen LogP) is 23.8. The fraction of sp³-hybridized carbons (Fsp3) is 0.0137. The standard InChI is InChI=1S/C36H26Cl2N2.C31H25N.C6H3BrCl2/c37-34-20-11-21-35(36(34)38)40(31-24-22-28(23-25-31)27-12-4-1-5-13-27)33-19-10-18-32(26-33)39(29-14-6-2-7-15-29)30-16-8-3-9-17-30;1-4-12-27(13-5-1)28-21-19-25(20-22-28)23-26-11-10-18-31(24-26)32(29-14-6-2-7-15-29)30-16-8-3-9-17-30;7-4-2-1-3-5(8)6(4)9/h1-26H;1-22,24H,23H2;1-3H. The van der Waals surface area contributed by atoms with Gasteiger partial charge in [0.25, 0.3) is 0 Å². The van der Waals surface area contributed by atoms with Gasteiger partial charge in [0.05, 0.1) is 25.8 Å². The second-order valence-electron chi connectivity index (χ2n) is 18.8. The molecule has 0 saturated heterocycles. The van der Waals surface area contributed by atoms with Gasteiger partial charge in [-0.15, -0.1) is 0 Å². The lowest BCUT2D eigenvalue weighted by atomic mass is 10.00. The highest BCUT2D eigenvalue weighted by atomic mass is 79.9. The van der Waals surface area contributed by atoms with Crippen LogP contribution >= 0.6 is 62.3 Å². The van der Waals surface area contributed by atoms with E-state index in [1.807, 2.05) is 48.5 Å². The van der Waals surface area contributed by atoms with Crippen molar-refractivity contribution in [2.45, 2.75) is 6.42 Å². The molecule has 396 valence electrons. The van der Waals surface area contributed by atoms with Crippen LogP contribution in [0.5, 0.6) is 0 Å². The first-order valence-corrected chi connectivity index (χ1v) is 28.7. The largest absolute Gasteiger partial charge is 0.310 e. The Labute approximate surface area is 504 Å². The maximum atomic E-state index is 6.83. The van der Waals surface area contributed by atoms with E-state index in [0.717, 1.165) is 62.0 Å². The first kappa shape index (κ1) is 56.0. The average molecular weight is 1190 g/mol. The van der Waals surface area contributed by atoms with Crippen LogP contribution in [0.3, 0.4) is 0 Å². The Balaban J connectivity index is 0.000000160. The molecule has 0 unspecified atom stereocenters. The SMILES string of the molecule is Clc1cccc(Br)c1Cl.Clc1cccc(N(c2ccc(-c3ccccc3)cc2)c2cccc(N(c3ccccc3)c3ccccc3)c2)c1Cl.c1ccc(-c2ccc(Cc3cccc(N(c4ccccc4)c4ccccc4)c3)cc2)cc1. The molecule has 0 radical (unpaired) electrons. The van der Waals surface area contributed by atoms with E-state index in [1.165, 1.54) is 33.5 Å². The van der Waals surface area contributed by atoms with E-state index in [4.69, 9.17) is 46.4 Å². The third-order valence-electron chi connectivity index (χ3n) is 13.4. The van der Waals surface area contributed by atoms with Crippen molar-refractivity contribution in [2.75, 3.05) is 14.7 Å². The molecule has 3 nitrogen and oxygen atoms in total. The van der Waals surface area contributed by atoms with Crippen LogP contribution in [-0.4, -0.2) is 0 Å². The van der Waals surface area contributed by atoms with Gasteiger partial charge < -0.3 is 14.7 Å². The fourth-order valence-corrected chi connectivity index (χ4v) is 10.6. The first-order valence-electron chi connectivity index (χ1n) is 26.4. The van der Waals surface area contributed by atoms with Crippen molar-refractivity contribution in [1.82, 2.24) is 0 Å². The molecule has 12 rings (SSSR count). The third-order valence-corrected chi connectivity index (χ3v) is 15.9. The lowest BCUT2D eigenvalue weighted by Crippen LogP contribution is -2.13. The van der Waals surface area contributed by atoms with Crippen LogP contribution in [0.4, 0.5) is 51.2 Å². The van der Waals surface area contributed by atoms with E-state index >= 15 is 0 Å². The van der Waals surface area contributed by atoms with Crippen molar-refractivity contribution in [3.05, 3.63) is 351 Å². The van der Waals surface area contributed by atoms with Crippen LogP contribution in [0.1, 0.15) is 11.1 Å². The second-order valence-corrected chi connectivity index (χ2v) is 21.2. The van der Waals surface area contributed by atoms with Crippen LogP contribution < -0.4 is 14.7 Å². The molecule has 0 aliphatic rings. The number of para-hydroxylation sites is 4. The van der Waals surface area contributed by atoms with Crippen molar-refractivity contribution < 1.29 is 0 Å². The Morgan fingerprint density at radius 1 is 0.247 bits per heavy atom. The highest BCUT2D eigenvalue weighted by molar-refractivity contribution is 9.10. The summed E-state index contributed by atoms with van der Waals surface area (Å²) in [5, 5.41) is 2.16. The zero-order valence-corrected chi connectivity index (χ0v) is 48.6. The van der Waals surface area contributed by atoms with Gasteiger partial charge >= 0.3 is 0 Å². The molecule has 0 bridgehead atoms. The number of rotatable bonds is 13. The van der Waals surface area contributed by atoms with Crippen LogP contribution in [0.15, 0.2) is 320 Å². The normalized spacial score (nSPS) is 10.6. The number of hydrogen-bond acceptors (Lipinski definition) is 3. The van der Waals surface area contributed by atoms with Crippen LogP contribution in [0.25, 0.3) is 22.3 Å². The summed E-state index contributed by atoms with van der Waals surface area (Å²) < 4.78 is 0.830. The monoisotopic (exact) mass is 1190 g/mol. The molecule has 0 saturated carbocycles. The van der Waals surface area contributed by atoms with E-state index < -0.39 is 0 Å². The highest BCUT2D eigenvalue weighted by Gasteiger charge is 2.20. The Kier molecular flexibility index (Phi) is 19.1. The topological polar surface area (TPSA) is 9.72 Å². The molecular weight excluding hydrogens is 1140 g/mol. The lowest BCUT2D eigenvalue weighted by Gasteiger charge is -2.30. The molecule has 0 fully saturated rings. The molecular formula is C73H54BrCl4N3. The number of anilines is 9. The lowest BCUT2D eigenvalue weighted by molar-refractivity contribution is 1.18. The van der Waals surface area contributed by atoms with Crippen molar-refractivity contribution in [2.24, 2.45) is 0 Å². The molecule has 81 heavy (non-hydrogen) atoms. The van der Waals surface area contributed by atoms with Gasteiger partial charge in [0, 0.05) is 50.0 Å². The maximum absolute atomic E-state index is 6.83. The minimum Gasteiger partial charge on any atom is -0.310 e. The summed E-state index contributed by atoms with van der Waals surface area (Å²) in [5.74, 6) is 0. The van der Waals surface area contributed by atoms with Gasteiger partial charge in [0.1, 0.15) is 0 Å². The molecule has 8 heteroatoms. The van der Waals surface area contributed by atoms with Crippen molar-refractivity contribution in [3.63, 3.8) is 0 Å². The van der Waals surface area contributed by atoms with E-state index in [9.17, 15) is 0 Å². The quantitative estimate of drug-likeness (QED) is 0.107. The highest BCUT2D eigenvalue weighted by Crippen LogP contribution is 2.45. The molecule has 0 atom stereocenters. The zero-order valence-electron chi connectivity index (χ0n) is 44.0. The third kappa shape index (κ3) is 14.4. The molecule has 0 N–H and O–H groups in total. The molecule has 0 aliphatic carbocycles. The van der Waals surface area contributed by atoms with E-state index in [2.05, 4.69) is 291 Å². The van der Waals surface area contributed by atoms with Gasteiger partial charge in [0.15, 0.2) is 0 Å². The fourth-order valence-electron chi connectivity index (χ4n) is 9.46. The van der Waals surface area contributed by atoms with Gasteiger partial charge in [-0.1, -0.05) is 247 Å². The van der Waals surface area contributed by atoms with Gasteiger partial charge in [0.2, 0.25) is 0 Å². The molecule has 0 aliphatic heterocycles. The summed E-state index contributed by atoms with van der Waals surface area (Å²) in [6, 6.07) is 109. The van der Waals surface area contributed by atoms with E-state index in [-0.39, 0.29) is 0 Å². The summed E-state index contributed by atoms with van der Waals surface area (Å²) >= 11 is 27.9. The smallest absolute Gasteiger partial charge is 0.0832 e. The maximum Gasteiger partial charge on any atom is 0.0832 e. The molecule has 0 spiro atoms. The Hall–Kier alpha value is -8.32. The predicted molar refractivity (Wildman–Crippen MR) is 351 cm³/mol. The summed E-state index contributed by atoms with van der Waals surface area (Å²) in [5.41, 5.74) is 16.8. The molecule has 0 heterocycles. The second kappa shape index (κ2) is 27.7. The van der Waals surface area contributed by atoms with E-state index in [1.54, 1.807) is 6.07 Å². The van der Waals surface area contributed by atoms with Gasteiger partial charge in [-0.3, -0.25) is 0 Å². The molecule has 0 amide bonds. The minimum atomic E-state index is 0.504. The Morgan fingerprint density at radius 3 is 1.02 bits per heavy atom. The van der Waals surface area contributed by atoms with Gasteiger partial charge in [-0.2, -0.15) is 0 Å². The van der Waals surface area contributed by atoms with Crippen LogP contribution in [-0.2, 0) is 6.42 Å². The van der Waals surface area contributed by atoms with E-state index in [0.29, 0.717) is 20.1 Å². The number of benzene rings is 12. The summed E-state index contributed by atoms with van der Waals surface area (Å²) in [7, 11) is 0. The Morgan fingerprint density at radius 2 is 0.580 bits per heavy atom. The summed E-state index contributed by atoms with van der Waals surface area (Å²) in [4.78, 5) is 6.71. The number of halogens is 5. The minimum absolute atomic E-state index is 0.504. The number of hydrogen-bond donors (Lipinski definition) is 0. The Bertz CT molecular complexity index is 3800. The summed E-state index contributed by atoms with van der Waals surface area (Å²) in [6.45, 7) is 0. The van der Waals surface area contributed by atoms with Gasteiger partial charge in [-0.05, 0) is 171 Å². The molecule has 12 aromatic carbocycles. The van der Waals surface area contributed by atoms with Crippen LogP contribution in [0.2, 0.25) is 20.1 Å². The van der Waals surface area contributed by atoms with Crippen LogP contribution in [0, 0.1) is 0 Å². The van der Waals surface area contributed by atoms with Crippen molar-refractivity contribution in [1.29, 1.82) is 0 Å². The van der Waals surface area contributed by atoms with Gasteiger partial charge in [-0.25, -0.2) is 0 Å². The van der Waals surface area contributed by atoms with Crippen molar-refractivity contribution >= 4 is 114 Å². The number of nitrogens with zero attached hydrogens (tertiary/aromatic N) is 3. The zero-order chi connectivity index (χ0) is 55.8. The van der Waals surface area contributed by atoms with Crippen molar-refractivity contribution in [3.8, 4) is 22.3 Å². The molecule has 0 aromatic heterocycles. The average Bonchev–Trinajstić information content (AvgIpc) is 3.53. The molecule has 12 aromatic rings. The first-order chi connectivity index (χ1) is 39.8. The summed E-state index contributed by atoms with van der Waals surface area (Å²) in [6.07, 6.45) is 0.903.